The topological polar surface area (TPSA) is 43.1 Å². The van der Waals surface area contributed by atoms with Crippen LogP contribution in [0.4, 0.5) is 0 Å². The fourth-order valence-electron chi connectivity index (χ4n) is 1.59. The van der Waals surface area contributed by atoms with Gasteiger partial charge in [0.05, 0.1) is 0 Å². The first kappa shape index (κ1) is 15.1. The Labute approximate surface area is 97.5 Å². The van der Waals surface area contributed by atoms with Gasteiger partial charge in [0.1, 0.15) is 0 Å². The molecule has 0 aliphatic rings. The van der Waals surface area contributed by atoms with Crippen LogP contribution in [0, 0.1) is 0 Å². The zero-order valence-corrected chi connectivity index (χ0v) is 11.2. The first-order valence-electron chi connectivity index (χ1n) is 6.29. The van der Waals surface area contributed by atoms with Crippen LogP contribution in [0.1, 0.15) is 58.8 Å². The normalized spacial score (nSPS) is 15.1. The van der Waals surface area contributed by atoms with Crippen molar-refractivity contribution in [2.45, 2.75) is 64.0 Å². The molecule has 0 radical (unpaired) electrons. The van der Waals surface area contributed by atoms with Gasteiger partial charge in [0.25, 0.3) is 0 Å². The molecule has 0 aliphatic heterocycles. The predicted octanol–water partition coefficient (Wildman–Crippen LogP) is 2.83. The molecule has 0 amide bonds. The van der Waals surface area contributed by atoms with E-state index < -0.39 is 10.8 Å². The highest BCUT2D eigenvalue weighted by Gasteiger charge is 2.08. The lowest BCUT2D eigenvalue weighted by molar-refractivity contribution is 0.619. The maximum Gasteiger partial charge on any atom is 0.0331 e. The molecule has 2 unspecified atom stereocenters. The monoisotopic (exact) mass is 233 g/mol. The molecular formula is C12H27NOS. The average molecular weight is 233 g/mol. The van der Waals surface area contributed by atoms with E-state index in [0.717, 1.165) is 18.6 Å². The minimum Gasteiger partial charge on any atom is -0.330 e. The largest absolute Gasteiger partial charge is 0.330 e. The summed E-state index contributed by atoms with van der Waals surface area (Å²) in [6.07, 6.45) is 8.51. The zero-order chi connectivity index (χ0) is 11.5. The van der Waals surface area contributed by atoms with Crippen LogP contribution in [-0.4, -0.2) is 21.8 Å². The van der Waals surface area contributed by atoms with Crippen molar-refractivity contribution in [3.05, 3.63) is 0 Å². The van der Waals surface area contributed by atoms with Crippen LogP contribution in [0.3, 0.4) is 0 Å². The third-order valence-electron chi connectivity index (χ3n) is 2.72. The Balaban J connectivity index is 3.30. The lowest BCUT2D eigenvalue weighted by Gasteiger charge is -2.09. The fraction of sp³-hybridized carbons (Fsp3) is 1.00. The summed E-state index contributed by atoms with van der Waals surface area (Å²) in [7, 11) is -0.652. The summed E-state index contributed by atoms with van der Waals surface area (Å²) in [5, 5.41) is 0.283. The van der Waals surface area contributed by atoms with Gasteiger partial charge in [-0.1, -0.05) is 46.0 Å². The molecule has 0 aromatic rings. The zero-order valence-electron chi connectivity index (χ0n) is 10.3. The smallest absolute Gasteiger partial charge is 0.0331 e. The third kappa shape index (κ3) is 9.06. The molecule has 2 atom stereocenters. The molecule has 0 bridgehead atoms. The van der Waals surface area contributed by atoms with Crippen LogP contribution in [0.2, 0.25) is 0 Å². The van der Waals surface area contributed by atoms with Crippen LogP contribution in [0.15, 0.2) is 0 Å². The summed E-state index contributed by atoms with van der Waals surface area (Å²) < 4.78 is 11.7. The van der Waals surface area contributed by atoms with Crippen molar-refractivity contribution >= 4 is 10.8 Å². The first-order valence-corrected chi connectivity index (χ1v) is 7.67. The maximum atomic E-state index is 11.7. The summed E-state index contributed by atoms with van der Waals surface area (Å²) >= 11 is 0. The van der Waals surface area contributed by atoms with Crippen LogP contribution in [0.25, 0.3) is 0 Å². The Morgan fingerprint density at radius 3 is 2.33 bits per heavy atom. The SMILES string of the molecule is CCCCCCCCS(=O)C(C)CCN. The minimum absolute atomic E-state index is 0.283. The summed E-state index contributed by atoms with van der Waals surface area (Å²) in [6, 6.07) is 0. The molecule has 92 valence electrons. The molecule has 2 nitrogen and oxygen atoms in total. The van der Waals surface area contributed by atoms with E-state index in [1.54, 1.807) is 0 Å². The van der Waals surface area contributed by atoms with Crippen molar-refractivity contribution in [1.82, 2.24) is 0 Å². The Morgan fingerprint density at radius 2 is 1.73 bits per heavy atom. The standard InChI is InChI=1S/C12H27NOS/c1-3-4-5-6-7-8-11-15(14)12(2)9-10-13/h12H,3-11,13H2,1-2H3. The van der Waals surface area contributed by atoms with E-state index in [2.05, 4.69) is 6.92 Å². The van der Waals surface area contributed by atoms with Crippen molar-refractivity contribution in [1.29, 1.82) is 0 Å². The maximum absolute atomic E-state index is 11.7. The highest BCUT2D eigenvalue weighted by molar-refractivity contribution is 7.85. The molecule has 0 rings (SSSR count). The summed E-state index contributed by atoms with van der Waals surface area (Å²) in [4.78, 5) is 0. The lowest BCUT2D eigenvalue weighted by Crippen LogP contribution is -2.18. The number of hydrogen-bond donors (Lipinski definition) is 1. The number of hydrogen-bond acceptors (Lipinski definition) is 2. The van der Waals surface area contributed by atoms with Gasteiger partial charge in [0.2, 0.25) is 0 Å². The van der Waals surface area contributed by atoms with Crippen molar-refractivity contribution in [2.75, 3.05) is 12.3 Å². The van der Waals surface area contributed by atoms with E-state index in [9.17, 15) is 4.21 Å². The van der Waals surface area contributed by atoms with Crippen LogP contribution < -0.4 is 5.73 Å². The summed E-state index contributed by atoms with van der Waals surface area (Å²) in [5.41, 5.74) is 5.44. The number of unbranched alkanes of at least 4 members (excludes halogenated alkanes) is 5. The van der Waals surface area contributed by atoms with Crippen molar-refractivity contribution in [2.24, 2.45) is 5.73 Å². The van der Waals surface area contributed by atoms with Gasteiger partial charge in [-0.25, -0.2) is 0 Å². The highest BCUT2D eigenvalue weighted by Crippen LogP contribution is 2.08. The molecule has 0 saturated heterocycles. The Bertz CT molecular complexity index is 162. The molecular weight excluding hydrogens is 206 g/mol. The second kappa shape index (κ2) is 10.6. The molecule has 2 N–H and O–H groups in total. The van der Waals surface area contributed by atoms with Crippen molar-refractivity contribution in [3.8, 4) is 0 Å². The second-order valence-corrected chi connectivity index (χ2v) is 6.22. The van der Waals surface area contributed by atoms with Gasteiger partial charge >= 0.3 is 0 Å². The third-order valence-corrected chi connectivity index (χ3v) is 4.55. The van der Waals surface area contributed by atoms with E-state index in [-0.39, 0.29) is 5.25 Å². The average Bonchev–Trinajstić information content (AvgIpc) is 2.23. The van der Waals surface area contributed by atoms with Gasteiger partial charge in [-0.3, -0.25) is 4.21 Å². The number of rotatable bonds is 10. The molecule has 0 heterocycles. The fourth-order valence-corrected chi connectivity index (χ4v) is 2.88. The lowest BCUT2D eigenvalue weighted by atomic mass is 10.1. The molecule has 3 heteroatoms. The molecule has 0 aliphatic carbocycles. The van der Waals surface area contributed by atoms with E-state index in [1.165, 1.54) is 32.1 Å². The second-order valence-electron chi connectivity index (χ2n) is 4.24. The Kier molecular flexibility index (Phi) is 10.7. The molecule has 0 saturated carbocycles. The van der Waals surface area contributed by atoms with Crippen LogP contribution in [-0.2, 0) is 10.8 Å². The van der Waals surface area contributed by atoms with Gasteiger partial charge in [-0.2, -0.15) is 0 Å². The molecule has 0 spiro atoms. The van der Waals surface area contributed by atoms with Gasteiger partial charge < -0.3 is 5.73 Å². The first-order chi connectivity index (χ1) is 7.22. The molecule has 15 heavy (non-hydrogen) atoms. The van der Waals surface area contributed by atoms with Gasteiger partial charge in [0, 0.05) is 21.8 Å². The Morgan fingerprint density at radius 1 is 1.13 bits per heavy atom. The van der Waals surface area contributed by atoms with Crippen molar-refractivity contribution < 1.29 is 4.21 Å². The van der Waals surface area contributed by atoms with E-state index in [1.807, 2.05) is 6.92 Å². The predicted molar refractivity (Wildman–Crippen MR) is 69.5 cm³/mol. The molecule has 0 fully saturated rings. The van der Waals surface area contributed by atoms with Gasteiger partial charge in [-0.15, -0.1) is 0 Å². The van der Waals surface area contributed by atoms with E-state index in [4.69, 9.17) is 5.73 Å². The van der Waals surface area contributed by atoms with E-state index >= 15 is 0 Å². The van der Waals surface area contributed by atoms with Crippen LogP contribution >= 0.6 is 0 Å². The van der Waals surface area contributed by atoms with Crippen molar-refractivity contribution in [3.63, 3.8) is 0 Å². The van der Waals surface area contributed by atoms with Gasteiger partial charge in [0.15, 0.2) is 0 Å². The minimum atomic E-state index is -0.652. The summed E-state index contributed by atoms with van der Waals surface area (Å²) in [5.74, 6) is 0.868. The number of nitrogens with two attached hydrogens (primary N) is 1. The molecule has 0 aromatic heterocycles. The quantitative estimate of drug-likeness (QED) is 0.590. The van der Waals surface area contributed by atoms with E-state index in [0.29, 0.717) is 6.54 Å². The van der Waals surface area contributed by atoms with Crippen LogP contribution in [0.5, 0.6) is 0 Å². The highest BCUT2D eigenvalue weighted by atomic mass is 32.2. The Hall–Kier alpha value is 0.110. The molecule has 0 aromatic carbocycles. The summed E-state index contributed by atoms with van der Waals surface area (Å²) in [6.45, 7) is 4.92. The van der Waals surface area contributed by atoms with Gasteiger partial charge in [-0.05, 0) is 19.4 Å².